The van der Waals surface area contributed by atoms with Gasteiger partial charge in [0.2, 0.25) is 5.71 Å². The van der Waals surface area contributed by atoms with Crippen molar-refractivity contribution in [2.45, 2.75) is 18.9 Å². The lowest BCUT2D eigenvalue weighted by Gasteiger charge is -2.09. The Bertz CT molecular complexity index is 516. The minimum atomic E-state index is -0.494. The van der Waals surface area contributed by atoms with Crippen LogP contribution in [0.3, 0.4) is 0 Å². The fraction of sp³-hybridized carbons (Fsp3) is 0.357. The van der Waals surface area contributed by atoms with Crippen molar-refractivity contribution in [1.82, 2.24) is 5.32 Å². The largest absolute Gasteiger partial charge is 0.376 e. The summed E-state index contributed by atoms with van der Waals surface area (Å²) in [6.45, 7) is 1.14. The van der Waals surface area contributed by atoms with Crippen molar-refractivity contribution in [3.05, 3.63) is 30.3 Å². The van der Waals surface area contributed by atoms with Gasteiger partial charge in [-0.2, -0.15) is 10.4 Å². The van der Waals surface area contributed by atoms with Crippen LogP contribution in [-0.4, -0.2) is 30.9 Å². The molecule has 0 aliphatic carbocycles. The van der Waals surface area contributed by atoms with E-state index in [1.165, 1.54) is 0 Å². The van der Waals surface area contributed by atoms with E-state index in [0.29, 0.717) is 12.2 Å². The molecule has 1 aromatic carbocycles. The molecule has 0 radical (unpaired) electrons. The van der Waals surface area contributed by atoms with Crippen LogP contribution in [0.4, 0.5) is 5.69 Å². The molecular formula is C14H16N4O2. The highest BCUT2D eigenvalue weighted by Crippen LogP contribution is 2.10. The number of hydrogen-bond acceptors (Lipinski definition) is 5. The topological polar surface area (TPSA) is 86.5 Å². The molecule has 1 fully saturated rings. The number of nitrogens with one attached hydrogen (secondary N) is 2. The van der Waals surface area contributed by atoms with Gasteiger partial charge in [-0.1, -0.05) is 18.2 Å². The molecule has 1 aromatic rings. The molecule has 1 heterocycles. The summed E-state index contributed by atoms with van der Waals surface area (Å²) < 4.78 is 5.39. The molecule has 6 nitrogen and oxygen atoms in total. The summed E-state index contributed by atoms with van der Waals surface area (Å²) in [5, 5.41) is 15.4. The molecular weight excluding hydrogens is 256 g/mol. The van der Waals surface area contributed by atoms with Crippen LogP contribution in [0, 0.1) is 11.3 Å². The highest BCUT2D eigenvalue weighted by molar-refractivity contribution is 6.45. The van der Waals surface area contributed by atoms with Crippen molar-refractivity contribution in [3.8, 4) is 6.07 Å². The fourth-order valence-corrected chi connectivity index (χ4v) is 1.86. The lowest BCUT2D eigenvalue weighted by Crippen LogP contribution is -2.36. The second kappa shape index (κ2) is 7.26. The van der Waals surface area contributed by atoms with Crippen LogP contribution < -0.4 is 10.7 Å². The van der Waals surface area contributed by atoms with E-state index >= 15 is 0 Å². The Morgan fingerprint density at radius 2 is 2.25 bits per heavy atom. The first-order valence-corrected chi connectivity index (χ1v) is 6.48. The molecule has 0 saturated carbocycles. The zero-order valence-electron chi connectivity index (χ0n) is 11.0. The standard InChI is InChI=1S/C14H16N4O2/c15-9-13(18-17-11-5-2-1-3-6-11)14(19)16-10-12-7-4-8-20-12/h1-3,5-6,12,17H,4,7-8,10H2,(H,16,19). The van der Waals surface area contributed by atoms with Gasteiger partial charge in [0.05, 0.1) is 11.8 Å². The number of carbonyl (C=O) groups is 1. The van der Waals surface area contributed by atoms with E-state index in [-0.39, 0.29) is 11.8 Å². The van der Waals surface area contributed by atoms with Gasteiger partial charge in [-0.25, -0.2) is 0 Å². The lowest BCUT2D eigenvalue weighted by molar-refractivity contribution is -0.115. The Labute approximate surface area is 117 Å². The minimum absolute atomic E-state index is 0.0426. The third-order valence-corrected chi connectivity index (χ3v) is 2.91. The second-order valence-electron chi connectivity index (χ2n) is 4.40. The Balaban J connectivity index is 1.86. The molecule has 0 spiro atoms. The van der Waals surface area contributed by atoms with Crippen LogP contribution in [-0.2, 0) is 9.53 Å². The Morgan fingerprint density at radius 1 is 1.45 bits per heavy atom. The van der Waals surface area contributed by atoms with Crippen molar-refractivity contribution in [1.29, 1.82) is 5.26 Å². The number of rotatable bonds is 5. The van der Waals surface area contributed by atoms with Crippen LogP contribution in [0.5, 0.6) is 0 Å². The number of para-hydroxylation sites is 1. The molecule has 1 saturated heterocycles. The SMILES string of the molecule is N#CC(=NNc1ccccc1)C(=O)NCC1CCCO1. The molecule has 1 unspecified atom stereocenters. The van der Waals surface area contributed by atoms with Gasteiger partial charge in [0.25, 0.3) is 5.91 Å². The van der Waals surface area contributed by atoms with Crippen molar-refractivity contribution in [2.75, 3.05) is 18.6 Å². The molecule has 104 valence electrons. The van der Waals surface area contributed by atoms with Crippen molar-refractivity contribution < 1.29 is 9.53 Å². The van der Waals surface area contributed by atoms with E-state index in [0.717, 1.165) is 19.4 Å². The first-order valence-electron chi connectivity index (χ1n) is 6.48. The zero-order chi connectivity index (χ0) is 14.2. The van der Waals surface area contributed by atoms with Crippen molar-refractivity contribution >= 4 is 17.3 Å². The van der Waals surface area contributed by atoms with E-state index < -0.39 is 5.91 Å². The third-order valence-electron chi connectivity index (χ3n) is 2.91. The normalized spacial score (nSPS) is 18.4. The molecule has 2 N–H and O–H groups in total. The summed E-state index contributed by atoms with van der Waals surface area (Å²) in [6, 6.07) is 10.9. The maximum absolute atomic E-state index is 11.8. The van der Waals surface area contributed by atoms with Gasteiger partial charge in [0.1, 0.15) is 6.07 Å². The zero-order valence-corrected chi connectivity index (χ0v) is 11.0. The first kappa shape index (κ1) is 14.0. The van der Waals surface area contributed by atoms with Gasteiger partial charge in [-0.15, -0.1) is 0 Å². The van der Waals surface area contributed by atoms with E-state index in [1.54, 1.807) is 18.2 Å². The summed E-state index contributed by atoms with van der Waals surface area (Å²) in [7, 11) is 0. The average molecular weight is 272 g/mol. The Morgan fingerprint density at radius 3 is 2.90 bits per heavy atom. The highest BCUT2D eigenvalue weighted by Gasteiger charge is 2.18. The second-order valence-corrected chi connectivity index (χ2v) is 4.40. The smallest absolute Gasteiger partial charge is 0.282 e. The molecule has 1 amide bonds. The van der Waals surface area contributed by atoms with E-state index in [9.17, 15) is 4.79 Å². The molecule has 1 atom stereocenters. The van der Waals surface area contributed by atoms with Gasteiger partial charge in [0.15, 0.2) is 0 Å². The molecule has 2 rings (SSSR count). The van der Waals surface area contributed by atoms with Crippen LogP contribution in [0.15, 0.2) is 35.4 Å². The average Bonchev–Trinajstić information content (AvgIpc) is 3.00. The van der Waals surface area contributed by atoms with Crippen LogP contribution in [0.25, 0.3) is 0 Å². The lowest BCUT2D eigenvalue weighted by atomic mass is 10.2. The number of carbonyl (C=O) groups excluding carboxylic acids is 1. The monoisotopic (exact) mass is 272 g/mol. The van der Waals surface area contributed by atoms with Crippen LogP contribution in [0.1, 0.15) is 12.8 Å². The Kier molecular flexibility index (Phi) is 5.09. The summed E-state index contributed by atoms with van der Waals surface area (Å²) >= 11 is 0. The minimum Gasteiger partial charge on any atom is -0.376 e. The summed E-state index contributed by atoms with van der Waals surface area (Å²) in [6.07, 6.45) is 1.98. The van der Waals surface area contributed by atoms with Gasteiger partial charge in [0, 0.05) is 13.2 Å². The number of hydrazone groups is 1. The quantitative estimate of drug-likeness (QED) is 0.624. The number of ether oxygens (including phenoxy) is 1. The fourth-order valence-electron chi connectivity index (χ4n) is 1.86. The van der Waals surface area contributed by atoms with Crippen molar-refractivity contribution in [3.63, 3.8) is 0 Å². The van der Waals surface area contributed by atoms with Crippen LogP contribution >= 0.6 is 0 Å². The predicted octanol–water partition coefficient (Wildman–Crippen LogP) is 1.27. The summed E-state index contributed by atoms with van der Waals surface area (Å²) in [4.78, 5) is 11.8. The maximum atomic E-state index is 11.8. The molecule has 0 bridgehead atoms. The molecule has 6 heteroatoms. The van der Waals surface area contributed by atoms with Crippen molar-refractivity contribution in [2.24, 2.45) is 5.10 Å². The van der Waals surface area contributed by atoms with Crippen LogP contribution in [0.2, 0.25) is 0 Å². The molecule has 1 aliphatic heterocycles. The van der Waals surface area contributed by atoms with E-state index in [2.05, 4.69) is 15.8 Å². The number of nitriles is 1. The number of anilines is 1. The predicted molar refractivity (Wildman–Crippen MR) is 75.1 cm³/mol. The Hall–Kier alpha value is -2.39. The number of benzene rings is 1. The maximum Gasteiger partial charge on any atom is 0.282 e. The third kappa shape index (κ3) is 4.07. The first-order chi connectivity index (χ1) is 9.79. The molecule has 1 aliphatic rings. The van der Waals surface area contributed by atoms with Gasteiger partial charge < -0.3 is 10.1 Å². The van der Waals surface area contributed by atoms with E-state index in [1.807, 2.05) is 18.2 Å². The van der Waals surface area contributed by atoms with Gasteiger partial charge in [-0.05, 0) is 25.0 Å². The van der Waals surface area contributed by atoms with Gasteiger partial charge in [-0.3, -0.25) is 10.2 Å². The van der Waals surface area contributed by atoms with Gasteiger partial charge >= 0.3 is 0 Å². The number of amides is 1. The molecule has 20 heavy (non-hydrogen) atoms. The highest BCUT2D eigenvalue weighted by atomic mass is 16.5. The number of nitrogens with zero attached hydrogens (tertiary/aromatic N) is 2. The summed E-state index contributed by atoms with van der Waals surface area (Å²) in [5.74, 6) is -0.494. The summed E-state index contributed by atoms with van der Waals surface area (Å²) in [5.41, 5.74) is 3.19. The number of hydrogen-bond donors (Lipinski definition) is 2. The van der Waals surface area contributed by atoms with E-state index in [4.69, 9.17) is 10.00 Å². The molecule has 0 aromatic heterocycles.